The van der Waals surface area contributed by atoms with Crippen molar-refractivity contribution in [3.05, 3.63) is 27.7 Å². The Morgan fingerprint density at radius 3 is 2.65 bits per heavy atom. The zero-order valence-corrected chi connectivity index (χ0v) is 15.0. The van der Waals surface area contributed by atoms with Crippen molar-refractivity contribution in [3.8, 4) is 0 Å². The van der Waals surface area contributed by atoms with E-state index in [9.17, 15) is 8.42 Å². The Morgan fingerprint density at radius 1 is 1.35 bits per heavy atom. The Balaban J connectivity index is 2.84. The van der Waals surface area contributed by atoms with Crippen molar-refractivity contribution >= 4 is 37.7 Å². The first-order valence-electron chi connectivity index (χ1n) is 6.40. The minimum absolute atomic E-state index is 0.303. The summed E-state index contributed by atoms with van der Waals surface area (Å²) in [5.74, 6) is 1.05. The first-order valence-corrected chi connectivity index (χ1v) is 10.1. The van der Waals surface area contributed by atoms with Crippen LogP contribution in [-0.4, -0.2) is 27.0 Å². The molecule has 0 aliphatic carbocycles. The van der Waals surface area contributed by atoms with Gasteiger partial charge in [-0.05, 0) is 55.0 Å². The highest BCUT2D eigenvalue weighted by Crippen LogP contribution is 2.25. The third kappa shape index (κ3) is 5.04. The fourth-order valence-electron chi connectivity index (χ4n) is 1.76. The van der Waals surface area contributed by atoms with Crippen LogP contribution >= 0.6 is 27.7 Å². The Morgan fingerprint density at radius 2 is 2.05 bits per heavy atom. The largest absolute Gasteiger partial charge is 0.326 e. The SMILES string of the molecule is CSCCCCNS(=O)(=O)c1cc(CN)cc(Br)c1C. The molecule has 0 saturated heterocycles. The van der Waals surface area contributed by atoms with E-state index in [0.29, 0.717) is 23.5 Å². The lowest BCUT2D eigenvalue weighted by atomic mass is 10.1. The van der Waals surface area contributed by atoms with Crippen molar-refractivity contribution in [1.82, 2.24) is 4.72 Å². The molecule has 0 radical (unpaired) electrons. The summed E-state index contributed by atoms with van der Waals surface area (Å²) in [4.78, 5) is 0.303. The van der Waals surface area contributed by atoms with E-state index in [1.807, 2.05) is 12.3 Å². The summed E-state index contributed by atoms with van der Waals surface area (Å²) in [6.45, 7) is 2.56. The molecule has 0 aromatic heterocycles. The summed E-state index contributed by atoms with van der Waals surface area (Å²) < 4.78 is 28.1. The van der Waals surface area contributed by atoms with Crippen LogP contribution in [0.2, 0.25) is 0 Å². The Bertz CT molecular complexity index is 548. The van der Waals surface area contributed by atoms with Gasteiger partial charge < -0.3 is 5.73 Å². The molecule has 0 aliphatic heterocycles. The molecular weight excluding hydrogens is 360 g/mol. The van der Waals surface area contributed by atoms with Crippen LogP contribution in [0.1, 0.15) is 24.0 Å². The summed E-state index contributed by atoms with van der Waals surface area (Å²) >= 11 is 5.15. The molecule has 20 heavy (non-hydrogen) atoms. The lowest BCUT2D eigenvalue weighted by Gasteiger charge is -2.12. The lowest BCUT2D eigenvalue weighted by Crippen LogP contribution is -2.26. The highest BCUT2D eigenvalue weighted by atomic mass is 79.9. The first kappa shape index (κ1) is 18.0. The zero-order valence-electron chi connectivity index (χ0n) is 11.8. The molecule has 0 bridgehead atoms. The van der Waals surface area contributed by atoms with Crippen LogP contribution in [0.5, 0.6) is 0 Å². The average molecular weight is 381 g/mol. The van der Waals surface area contributed by atoms with Crippen molar-refractivity contribution in [3.63, 3.8) is 0 Å². The fraction of sp³-hybridized carbons (Fsp3) is 0.538. The number of thioether (sulfide) groups is 1. The highest BCUT2D eigenvalue weighted by Gasteiger charge is 2.18. The monoisotopic (exact) mass is 380 g/mol. The van der Waals surface area contributed by atoms with E-state index in [-0.39, 0.29) is 0 Å². The van der Waals surface area contributed by atoms with Gasteiger partial charge in [0.1, 0.15) is 0 Å². The molecule has 0 fully saturated rings. The Kier molecular flexibility index (Phi) is 7.53. The molecule has 0 atom stereocenters. The maximum Gasteiger partial charge on any atom is 0.240 e. The van der Waals surface area contributed by atoms with Crippen molar-refractivity contribution in [1.29, 1.82) is 0 Å². The maximum atomic E-state index is 12.3. The molecule has 3 N–H and O–H groups in total. The molecule has 1 aromatic rings. The van der Waals surface area contributed by atoms with Gasteiger partial charge in [-0.1, -0.05) is 15.9 Å². The van der Waals surface area contributed by atoms with Crippen LogP contribution in [0.4, 0.5) is 0 Å². The van der Waals surface area contributed by atoms with Gasteiger partial charge in [0.15, 0.2) is 0 Å². The summed E-state index contributed by atoms with van der Waals surface area (Å²) in [6.07, 6.45) is 3.90. The molecule has 4 nitrogen and oxygen atoms in total. The van der Waals surface area contributed by atoms with E-state index in [2.05, 4.69) is 20.7 Å². The number of unbranched alkanes of at least 4 members (excludes halogenated alkanes) is 1. The second-order valence-electron chi connectivity index (χ2n) is 4.50. The van der Waals surface area contributed by atoms with Gasteiger partial charge in [-0.2, -0.15) is 11.8 Å². The highest BCUT2D eigenvalue weighted by molar-refractivity contribution is 9.10. The van der Waals surface area contributed by atoms with Gasteiger partial charge in [0, 0.05) is 17.6 Å². The van der Waals surface area contributed by atoms with Crippen molar-refractivity contribution in [2.45, 2.75) is 31.2 Å². The maximum absolute atomic E-state index is 12.3. The predicted molar refractivity (Wildman–Crippen MR) is 89.6 cm³/mol. The molecule has 0 amide bonds. The van der Waals surface area contributed by atoms with E-state index in [4.69, 9.17) is 5.73 Å². The van der Waals surface area contributed by atoms with Gasteiger partial charge in [-0.3, -0.25) is 0 Å². The smallest absolute Gasteiger partial charge is 0.240 e. The second kappa shape index (κ2) is 8.38. The van der Waals surface area contributed by atoms with Crippen molar-refractivity contribution in [2.24, 2.45) is 5.73 Å². The molecule has 1 rings (SSSR count). The average Bonchev–Trinajstić information content (AvgIpc) is 2.41. The van der Waals surface area contributed by atoms with Crippen LogP contribution in [0.15, 0.2) is 21.5 Å². The van der Waals surface area contributed by atoms with Crippen molar-refractivity contribution < 1.29 is 8.42 Å². The van der Waals surface area contributed by atoms with Gasteiger partial charge in [0.05, 0.1) is 4.90 Å². The number of hydrogen-bond donors (Lipinski definition) is 2. The van der Waals surface area contributed by atoms with E-state index in [1.54, 1.807) is 24.8 Å². The van der Waals surface area contributed by atoms with Gasteiger partial charge in [0.25, 0.3) is 0 Å². The number of benzene rings is 1. The minimum Gasteiger partial charge on any atom is -0.326 e. The van der Waals surface area contributed by atoms with Crippen LogP contribution in [-0.2, 0) is 16.6 Å². The first-order chi connectivity index (χ1) is 9.42. The van der Waals surface area contributed by atoms with E-state index < -0.39 is 10.0 Å². The van der Waals surface area contributed by atoms with Gasteiger partial charge in [-0.15, -0.1) is 0 Å². The third-order valence-electron chi connectivity index (χ3n) is 2.95. The molecule has 0 aliphatic rings. The quantitative estimate of drug-likeness (QED) is 0.679. The normalized spacial score (nSPS) is 11.8. The number of hydrogen-bond acceptors (Lipinski definition) is 4. The standard InChI is InChI=1S/C13H21BrN2O2S2/c1-10-12(14)7-11(9-15)8-13(10)20(17,18)16-5-3-4-6-19-2/h7-8,16H,3-6,9,15H2,1-2H3. The molecule has 0 spiro atoms. The molecule has 0 unspecified atom stereocenters. The number of nitrogens with one attached hydrogen (secondary N) is 1. The molecule has 0 saturated carbocycles. The molecule has 1 aromatic carbocycles. The minimum atomic E-state index is -3.48. The molecule has 114 valence electrons. The molecular formula is C13H21BrN2O2S2. The van der Waals surface area contributed by atoms with Gasteiger partial charge in [0.2, 0.25) is 10.0 Å². The Labute approximate surface area is 134 Å². The number of sulfonamides is 1. The topological polar surface area (TPSA) is 72.2 Å². The zero-order chi connectivity index (χ0) is 15.2. The third-order valence-corrected chi connectivity index (χ3v) is 6.06. The number of nitrogens with two attached hydrogens (primary N) is 1. The number of rotatable bonds is 8. The predicted octanol–water partition coefficient (Wildman–Crippen LogP) is 2.64. The van der Waals surface area contributed by atoms with Crippen LogP contribution < -0.4 is 10.5 Å². The van der Waals surface area contributed by atoms with E-state index in [1.165, 1.54) is 0 Å². The number of halogens is 1. The van der Waals surface area contributed by atoms with Crippen molar-refractivity contribution in [2.75, 3.05) is 18.6 Å². The Hall–Kier alpha value is -0.0800. The van der Waals surface area contributed by atoms with Crippen LogP contribution in [0.25, 0.3) is 0 Å². The molecule has 0 heterocycles. The lowest BCUT2D eigenvalue weighted by molar-refractivity contribution is 0.577. The summed E-state index contributed by atoms with van der Waals surface area (Å²) in [5.41, 5.74) is 7.10. The van der Waals surface area contributed by atoms with E-state index in [0.717, 1.165) is 28.6 Å². The van der Waals surface area contributed by atoms with Crippen LogP contribution in [0, 0.1) is 6.92 Å². The fourth-order valence-corrected chi connectivity index (χ4v) is 4.28. The van der Waals surface area contributed by atoms with Crippen LogP contribution in [0.3, 0.4) is 0 Å². The summed E-state index contributed by atoms with van der Waals surface area (Å²) in [7, 11) is -3.48. The summed E-state index contributed by atoms with van der Waals surface area (Å²) in [5, 5.41) is 0. The van der Waals surface area contributed by atoms with E-state index >= 15 is 0 Å². The van der Waals surface area contributed by atoms with Gasteiger partial charge >= 0.3 is 0 Å². The second-order valence-corrected chi connectivity index (χ2v) is 8.08. The summed E-state index contributed by atoms with van der Waals surface area (Å²) in [6, 6.07) is 3.50. The molecule has 7 heteroatoms. The van der Waals surface area contributed by atoms with Gasteiger partial charge in [-0.25, -0.2) is 13.1 Å².